The van der Waals surface area contributed by atoms with Gasteiger partial charge >= 0.3 is 0 Å². The van der Waals surface area contributed by atoms with Gasteiger partial charge in [-0.2, -0.15) is 4.98 Å². The van der Waals surface area contributed by atoms with Gasteiger partial charge in [0.25, 0.3) is 0 Å². The Morgan fingerprint density at radius 1 is 1.30 bits per heavy atom. The predicted octanol–water partition coefficient (Wildman–Crippen LogP) is 2.98. The summed E-state index contributed by atoms with van der Waals surface area (Å²) in [6.45, 7) is 2.48. The Morgan fingerprint density at radius 3 is 2.85 bits per heavy atom. The van der Waals surface area contributed by atoms with Gasteiger partial charge in [0.1, 0.15) is 11.6 Å². The number of anilines is 1. The highest BCUT2D eigenvalue weighted by atomic mass is 19.1. The van der Waals surface area contributed by atoms with Crippen molar-refractivity contribution < 1.29 is 9.13 Å². The number of nitrogens with one attached hydrogen (secondary N) is 1. The highest BCUT2D eigenvalue weighted by Crippen LogP contribution is 2.42. The van der Waals surface area contributed by atoms with Crippen LogP contribution in [-0.2, 0) is 0 Å². The number of halogens is 1. The van der Waals surface area contributed by atoms with Gasteiger partial charge in [0, 0.05) is 12.0 Å². The Morgan fingerprint density at radius 2 is 2.10 bits per heavy atom. The van der Waals surface area contributed by atoms with Crippen LogP contribution in [0.1, 0.15) is 24.8 Å². The fourth-order valence-corrected chi connectivity index (χ4v) is 2.26. The summed E-state index contributed by atoms with van der Waals surface area (Å²) < 4.78 is 18.2. The van der Waals surface area contributed by atoms with Crippen LogP contribution in [0, 0.1) is 5.82 Å². The number of ether oxygens (including phenoxy) is 1. The molecular weight excluding hydrogens is 257 g/mol. The standard InChI is InChI=1S/C15H16FN3O/c1-2-20-15-9-17-8-14(19-15)18-13-7-12(13)10-3-5-11(16)6-4-10/h3-6,8-9,12-13H,2,7H2,1H3,(H,18,19)/t12-,13+/m0/s1. The van der Waals surface area contributed by atoms with Crippen LogP contribution < -0.4 is 10.1 Å². The smallest absolute Gasteiger partial charge is 0.234 e. The molecule has 0 radical (unpaired) electrons. The number of rotatable bonds is 5. The largest absolute Gasteiger partial charge is 0.477 e. The lowest BCUT2D eigenvalue weighted by Gasteiger charge is -2.07. The average Bonchev–Trinajstić information content (AvgIpc) is 3.19. The lowest BCUT2D eigenvalue weighted by molar-refractivity contribution is 0.325. The molecule has 1 heterocycles. The van der Waals surface area contributed by atoms with Crippen molar-refractivity contribution in [1.29, 1.82) is 0 Å². The summed E-state index contributed by atoms with van der Waals surface area (Å²) in [5.74, 6) is 1.45. The number of benzene rings is 1. The molecule has 3 rings (SSSR count). The molecule has 1 fully saturated rings. The fourth-order valence-electron chi connectivity index (χ4n) is 2.26. The van der Waals surface area contributed by atoms with E-state index in [0.717, 1.165) is 12.0 Å². The van der Waals surface area contributed by atoms with E-state index >= 15 is 0 Å². The molecular formula is C15H16FN3O. The van der Waals surface area contributed by atoms with Crippen LogP contribution in [0.5, 0.6) is 5.88 Å². The van der Waals surface area contributed by atoms with Gasteiger partial charge in [-0.25, -0.2) is 4.39 Å². The normalized spacial score (nSPS) is 20.5. The zero-order valence-corrected chi connectivity index (χ0v) is 11.2. The number of hydrogen-bond acceptors (Lipinski definition) is 4. The molecule has 20 heavy (non-hydrogen) atoms. The van der Waals surface area contributed by atoms with Gasteiger partial charge < -0.3 is 10.1 Å². The van der Waals surface area contributed by atoms with E-state index in [9.17, 15) is 4.39 Å². The van der Waals surface area contributed by atoms with Crippen LogP contribution in [0.15, 0.2) is 36.7 Å². The van der Waals surface area contributed by atoms with Crippen molar-refractivity contribution in [2.75, 3.05) is 11.9 Å². The van der Waals surface area contributed by atoms with E-state index in [1.165, 1.54) is 12.1 Å². The molecule has 1 aliphatic rings. The predicted molar refractivity (Wildman–Crippen MR) is 74.4 cm³/mol. The molecule has 0 saturated heterocycles. The third-order valence-electron chi connectivity index (χ3n) is 3.33. The van der Waals surface area contributed by atoms with E-state index in [-0.39, 0.29) is 5.82 Å². The number of aromatic nitrogens is 2. The first kappa shape index (κ1) is 12.8. The first-order valence-corrected chi connectivity index (χ1v) is 6.73. The SMILES string of the molecule is CCOc1cncc(N[C@@H]2C[C@H]2c2ccc(F)cc2)n1. The van der Waals surface area contributed by atoms with E-state index in [2.05, 4.69) is 15.3 Å². The maximum Gasteiger partial charge on any atom is 0.234 e. The third-order valence-corrected chi connectivity index (χ3v) is 3.33. The molecule has 0 amide bonds. The van der Waals surface area contributed by atoms with Crippen molar-refractivity contribution in [2.45, 2.75) is 25.3 Å². The van der Waals surface area contributed by atoms with Gasteiger partial charge in [0.15, 0.2) is 0 Å². The summed E-state index contributed by atoms with van der Waals surface area (Å²) in [5.41, 5.74) is 1.15. The van der Waals surface area contributed by atoms with Crippen LogP contribution in [0.2, 0.25) is 0 Å². The van der Waals surface area contributed by atoms with Crippen molar-refractivity contribution in [3.8, 4) is 5.88 Å². The van der Waals surface area contributed by atoms with Crippen molar-refractivity contribution >= 4 is 5.82 Å². The van der Waals surface area contributed by atoms with E-state index in [4.69, 9.17) is 4.74 Å². The molecule has 2 aromatic rings. The molecule has 4 nitrogen and oxygen atoms in total. The van der Waals surface area contributed by atoms with Crippen LogP contribution in [0.25, 0.3) is 0 Å². The summed E-state index contributed by atoms with van der Waals surface area (Å²) in [7, 11) is 0. The highest BCUT2D eigenvalue weighted by molar-refractivity contribution is 5.41. The Bertz CT molecular complexity index is 588. The zero-order chi connectivity index (χ0) is 13.9. The van der Waals surface area contributed by atoms with Crippen molar-refractivity contribution in [2.24, 2.45) is 0 Å². The van der Waals surface area contributed by atoms with Gasteiger partial charge in [-0.3, -0.25) is 4.98 Å². The first-order valence-electron chi connectivity index (χ1n) is 6.73. The van der Waals surface area contributed by atoms with Crippen molar-refractivity contribution in [3.05, 3.63) is 48.0 Å². The van der Waals surface area contributed by atoms with E-state index < -0.39 is 0 Å². The molecule has 104 valence electrons. The van der Waals surface area contributed by atoms with Crippen molar-refractivity contribution in [1.82, 2.24) is 9.97 Å². The Balaban J connectivity index is 1.63. The van der Waals surface area contributed by atoms with Gasteiger partial charge in [0.05, 0.1) is 19.0 Å². The molecule has 0 aliphatic heterocycles. The van der Waals surface area contributed by atoms with E-state index in [1.54, 1.807) is 12.4 Å². The molecule has 1 N–H and O–H groups in total. The fraction of sp³-hybridized carbons (Fsp3) is 0.333. The lowest BCUT2D eigenvalue weighted by atomic mass is 10.1. The van der Waals surface area contributed by atoms with E-state index in [1.807, 2.05) is 19.1 Å². The summed E-state index contributed by atoms with van der Waals surface area (Å²) in [4.78, 5) is 8.42. The van der Waals surface area contributed by atoms with E-state index in [0.29, 0.717) is 30.3 Å². The molecule has 1 aliphatic carbocycles. The Hall–Kier alpha value is -2.17. The van der Waals surface area contributed by atoms with Gasteiger partial charge in [-0.1, -0.05) is 12.1 Å². The lowest BCUT2D eigenvalue weighted by Crippen LogP contribution is -2.07. The molecule has 1 aromatic heterocycles. The monoisotopic (exact) mass is 273 g/mol. The minimum atomic E-state index is -0.200. The van der Waals surface area contributed by atoms with Crippen LogP contribution in [0.4, 0.5) is 10.2 Å². The minimum absolute atomic E-state index is 0.200. The quantitative estimate of drug-likeness (QED) is 0.909. The molecule has 1 saturated carbocycles. The first-order chi connectivity index (χ1) is 9.76. The van der Waals surface area contributed by atoms with Crippen LogP contribution in [0.3, 0.4) is 0 Å². The molecule has 1 aromatic carbocycles. The van der Waals surface area contributed by atoms with Gasteiger partial charge in [-0.15, -0.1) is 0 Å². The summed E-state index contributed by atoms with van der Waals surface area (Å²) in [6, 6.07) is 7.00. The molecule has 0 unspecified atom stereocenters. The molecule has 0 spiro atoms. The van der Waals surface area contributed by atoms with Crippen molar-refractivity contribution in [3.63, 3.8) is 0 Å². The third kappa shape index (κ3) is 2.87. The number of hydrogen-bond donors (Lipinski definition) is 1. The average molecular weight is 273 g/mol. The second-order valence-corrected chi connectivity index (χ2v) is 4.82. The van der Waals surface area contributed by atoms with Gasteiger partial charge in [0.2, 0.25) is 5.88 Å². The maximum atomic E-state index is 12.9. The van der Waals surface area contributed by atoms with Gasteiger partial charge in [-0.05, 0) is 31.0 Å². The van der Waals surface area contributed by atoms with Crippen LogP contribution in [-0.4, -0.2) is 22.6 Å². The summed E-state index contributed by atoms with van der Waals surface area (Å²) >= 11 is 0. The van der Waals surface area contributed by atoms with Crippen LogP contribution >= 0.6 is 0 Å². The zero-order valence-electron chi connectivity index (χ0n) is 11.2. The highest BCUT2D eigenvalue weighted by Gasteiger charge is 2.38. The second-order valence-electron chi connectivity index (χ2n) is 4.82. The Labute approximate surface area is 117 Å². The molecule has 2 atom stereocenters. The second kappa shape index (κ2) is 5.45. The Kier molecular flexibility index (Phi) is 3.50. The molecule has 5 heteroatoms. The maximum absolute atomic E-state index is 12.9. The topological polar surface area (TPSA) is 47.0 Å². The summed E-state index contributed by atoms with van der Waals surface area (Å²) in [6.07, 6.45) is 4.30. The molecule has 0 bridgehead atoms. The summed E-state index contributed by atoms with van der Waals surface area (Å²) in [5, 5.41) is 3.33. The minimum Gasteiger partial charge on any atom is -0.477 e. The number of nitrogens with zero attached hydrogens (tertiary/aromatic N) is 2.